The van der Waals surface area contributed by atoms with Crippen molar-refractivity contribution in [2.75, 3.05) is 0 Å². The molecule has 8 aliphatic rings. The zero-order valence-electron chi connectivity index (χ0n) is 22.8. The van der Waals surface area contributed by atoms with Gasteiger partial charge in [-0.15, -0.1) is 0 Å². The van der Waals surface area contributed by atoms with E-state index in [1.807, 2.05) is 12.4 Å². The lowest BCUT2D eigenvalue weighted by Gasteiger charge is -2.19. The number of hydrogen-bond donors (Lipinski definition) is 0. The average molecular weight is 517 g/mol. The van der Waals surface area contributed by atoms with Gasteiger partial charge in [-0.25, -0.2) is 0 Å². The standard InChI is InChI=1S/C38H32N2/c1-5-27-6-2-25(1)9-13-29-17-19-31(15-11-27)35-33(29)21-23-39-37(35)38-36-32-16-12-28-7-3-26(4-8-28)10-14-30(18-20-32)34(36)22-24-40-38/h1-8,17-24H,9-16H2. The lowest BCUT2D eigenvalue weighted by molar-refractivity contribution is 0.932. The monoisotopic (exact) mass is 516 g/mol. The van der Waals surface area contributed by atoms with E-state index in [2.05, 4.69) is 84.9 Å². The number of aryl methyl sites for hydroxylation is 8. The normalized spacial score (nSPS) is 14.7. The van der Waals surface area contributed by atoms with Gasteiger partial charge < -0.3 is 0 Å². The second kappa shape index (κ2) is 9.71. The first-order chi connectivity index (χ1) is 19.8. The zero-order chi connectivity index (χ0) is 26.5. The number of pyridine rings is 2. The van der Waals surface area contributed by atoms with E-state index in [0.717, 1.165) is 62.8 Å². The van der Waals surface area contributed by atoms with Gasteiger partial charge in [-0.1, -0.05) is 72.8 Å². The largest absolute Gasteiger partial charge is 0.254 e. The van der Waals surface area contributed by atoms with Crippen molar-refractivity contribution < 1.29 is 0 Å². The molecule has 2 aromatic heterocycles. The van der Waals surface area contributed by atoms with E-state index in [-0.39, 0.29) is 0 Å². The van der Waals surface area contributed by atoms with E-state index in [4.69, 9.17) is 9.97 Å². The van der Waals surface area contributed by atoms with Crippen LogP contribution in [0.2, 0.25) is 0 Å². The molecular weight excluding hydrogens is 484 g/mol. The highest BCUT2D eigenvalue weighted by atomic mass is 14.8. The van der Waals surface area contributed by atoms with Gasteiger partial charge in [0.05, 0.1) is 11.4 Å². The van der Waals surface area contributed by atoms with Crippen LogP contribution in [0.25, 0.3) is 32.9 Å². The van der Waals surface area contributed by atoms with Crippen molar-refractivity contribution in [1.29, 1.82) is 0 Å². The molecule has 8 bridgehead atoms. The van der Waals surface area contributed by atoms with Crippen LogP contribution in [-0.2, 0) is 51.4 Å². The molecule has 8 aliphatic carbocycles. The van der Waals surface area contributed by atoms with Crippen molar-refractivity contribution in [2.45, 2.75) is 51.4 Å². The molecule has 0 atom stereocenters. The fourth-order valence-corrected chi connectivity index (χ4v) is 6.93. The lowest BCUT2D eigenvalue weighted by Crippen LogP contribution is -2.04. The number of rotatable bonds is 1. The maximum atomic E-state index is 5.11. The van der Waals surface area contributed by atoms with Crippen LogP contribution >= 0.6 is 0 Å². The molecule has 0 N–H and O–H groups in total. The summed E-state index contributed by atoms with van der Waals surface area (Å²) in [6, 6.07) is 32.4. The van der Waals surface area contributed by atoms with Gasteiger partial charge in [-0.2, -0.15) is 0 Å². The molecule has 2 heteroatoms. The molecule has 0 aliphatic heterocycles. The fraction of sp³-hybridized carbons (Fsp3) is 0.211. The zero-order valence-corrected chi connectivity index (χ0v) is 22.8. The van der Waals surface area contributed by atoms with Crippen LogP contribution in [0.1, 0.15) is 44.5 Å². The van der Waals surface area contributed by atoms with Crippen LogP contribution in [0.5, 0.6) is 0 Å². The Morgan fingerprint density at radius 1 is 0.325 bits per heavy atom. The van der Waals surface area contributed by atoms with E-state index in [1.54, 1.807) is 0 Å². The summed E-state index contributed by atoms with van der Waals surface area (Å²) < 4.78 is 0. The summed E-state index contributed by atoms with van der Waals surface area (Å²) in [6.45, 7) is 0. The first kappa shape index (κ1) is 23.6. The third-order valence-electron chi connectivity index (χ3n) is 9.21. The molecule has 0 radical (unpaired) electrons. The number of aromatic nitrogens is 2. The van der Waals surface area contributed by atoms with Crippen LogP contribution < -0.4 is 0 Å². The minimum atomic E-state index is 0.993. The van der Waals surface area contributed by atoms with Crippen molar-refractivity contribution in [3.63, 3.8) is 0 Å². The van der Waals surface area contributed by atoms with E-state index >= 15 is 0 Å². The highest BCUT2D eigenvalue weighted by Gasteiger charge is 2.20. The van der Waals surface area contributed by atoms with Gasteiger partial charge in [0.1, 0.15) is 0 Å². The summed E-state index contributed by atoms with van der Waals surface area (Å²) in [7, 11) is 0. The molecule has 0 amide bonds. The molecule has 0 spiro atoms. The molecule has 4 aromatic carbocycles. The molecule has 14 rings (SSSR count). The quantitative estimate of drug-likeness (QED) is 0.220. The Hall–Kier alpha value is -4.30. The number of benzene rings is 4. The predicted molar refractivity (Wildman–Crippen MR) is 165 cm³/mol. The predicted octanol–water partition coefficient (Wildman–Crippen LogP) is 8.22. The molecule has 0 saturated carbocycles. The van der Waals surface area contributed by atoms with Crippen LogP contribution in [0.15, 0.2) is 97.3 Å². The Morgan fingerprint density at radius 3 is 1.02 bits per heavy atom. The molecule has 6 aromatic rings. The van der Waals surface area contributed by atoms with Gasteiger partial charge in [0.2, 0.25) is 0 Å². The van der Waals surface area contributed by atoms with Crippen LogP contribution in [0.3, 0.4) is 0 Å². The van der Waals surface area contributed by atoms with Gasteiger partial charge in [0.15, 0.2) is 0 Å². The maximum absolute atomic E-state index is 5.11. The highest BCUT2D eigenvalue weighted by Crippen LogP contribution is 2.38. The minimum Gasteiger partial charge on any atom is -0.254 e. The van der Waals surface area contributed by atoms with E-state index in [1.165, 1.54) is 66.1 Å². The van der Waals surface area contributed by atoms with Gasteiger partial charge in [0.25, 0.3) is 0 Å². The average Bonchev–Trinajstić information content (AvgIpc) is 2.99. The topological polar surface area (TPSA) is 25.8 Å². The molecular formula is C38H32N2. The molecule has 2 nitrogen and oxygen atoms in total. The maximum Gasteiger partial charge on any atom is 0.0973 e. The Balaban J connectivity index is 1.35. The molecule has 0 unspecified atom stereocenters. The molecule has 0 saturated heterocycles. The van der Waals surface area contributed by atoms with E-state index < -0.39 is 0 Å². The van der Waals surface area contributed by atoms with Gasteiger partial charge in [-0.3, -0.25) is 9.97 Å². The fourth-order valence-electron chi connectivity index (χ4n) is 6.93. The highest BCUT2D eigenvalue weighted by molar-refractivity contribution is 6.06. The van der Waals surface area contributed by atoms with Gasteiger partial charge in [-0.05, 0) is 119 Å². The van der Waals surface area contributed by atoms with Crippen LogP contribution in [0.4, 0.5) is 0 Å². The van der Waals surface area contributed by atoms with Crippen molar-refractivity contribution in [3.8, 4) is 11.4 Å². The molecule has 2 heterocycles. The van der Waals surface area contributed by atoms with Crippen LogP contribution in [-0.4, -0.2) is 9.97 Å². The summed E-state index contributed by atoms with van der Waals surface area (Å²) in [4.78, 5) is 10.2. The smallest absolute Gasteiger partial charge is 0.0973 e. The summed E-state index contributed by atoms with van der Waals surface area (Å²) >= 11 is 0. The summed E-state index contributed by atoms with van der Waals surface area (Å²) in [5, 5.41) is 5.26. The van der Waals surface area contributed by atoms with Gasteiger partial charge in [0, 0.05) is 23.2 Å². The number of hydrogen-bond acceptors (Lipinski definition) is 2. The van der Waals surface area contributed by atoms with E-state index in [0.29, 0.717) is 0 Å². The first-order valence-electron chi connectivity index (χ1n) is 14.8. The summed E-state index contributed by atoms with van der Waals surface area (Å²) in [5.41, 5.74) is 13.2. The summed E-state index contributed by atoms with van der Waals surface area (Å²) in [6.07, 6.45) is 12.2. The summed E-state index contributed by atoms with van der Waals surface area (Å²) in [5.74, 6) is 0. The van der Waals surface area contributed by atoms with Crippen molar-refractivity contribution in [3.05, 3.63) is 142 Å². The molecule has 194 valence electrons. The SMILES string of the molecule is c1cc2c3ccc(c2c(-c2nccc4c5ccc(c24)CCc2ccc(cc2)CC5)n1)CCc1ccc(cc1)CC3. The second-order valence-electron chi connectivity index (χ2n) is 11.6. The van der Waals surface area contributed by atoms with Crippen molar-refractivity contribution >= 4 is 21.5 Å². The minimum absolute atomic E-state index is 0.993. The Kier molecular flexibility index (Phi) is 5.72. The lowest BCUT2D eigenvalue weighted by atomic mass is 9.87. The Bertz CT molecular complexity index is 1740. The van der Waals surface area contributed by atoms with Gasteiger partial charge >= 0.3 is 0 Å². The van der Waals surface area contributed by atoms with Crippen molar-refractivity contribution in [2.24, 2.45) is 0 Å². The Morgan fingerprint density at radius 2 is 0.650 bits per heavy atom. The van der Waals surface area contributed by atoms with Crippen molar-refractivity contribution in [1.82, 2.24) is 9.97 Å². The van der Waals surface area contributed by atoms with E-state index in [9.17, 15) is 0 Å². The first-order valence-corrected chi connectivity index (χ1v) is 14.8. The molecule has 0 fully saturated rings. The number of nitrogens with zero attached hydrogens (tertiary/aromatic N) is 2. The van der Waals surface area contributed by atoms with Crippen LogP contribution in [0, 0.1) is 0 Å². The Labute approximate surface area is 235 Å². The third kappa shape index (κ3) is 4.10. The third-order valence-corrected chi connectivity index (χ3v) is 9.21. The second-order valence-corrected chi connectivity index (χ2v) is 11.6. The molecule has 40 heavy (non-hydrogen) atoms.